The van der Waals surface area contributed by atoms with Gasteiger partial charge in [0.1, 0.15) is 0 Å². The summed E-state index contributed by atoms with van der Waals surface area (Å²) in [5.74, 6) is 0. The zero-order chi connectivity index (χ0) is 13.8. The summed E-state index contributed by atoms with van der Waals surface area (Å²) < 4.78 is 1.01. The first-order valence-electron chi connectivity index (χ1n) is 6.38. The molecule has 3 heteroatoms. The fraction of sp³-hybridized carbons (Fsp3) is 0.250. The Morgan fingerprint density at radius 3 is 2.63 bits per heavy atom. The van der Waals surface area contributed by atoms with Crippen LogP contribution in [0.2, 0.25) is 5.02 Å². The molecule has 100 valence electrons. The van der Waals surface area contributed by atoms with E-state index in [1.54, 1.807) is 0 Å². The summed E-state index contributed by atoms with van der Waals surface area (Å²) in [4.78, 5) is 0. The van der Waals surface area contributed by atoms with Gasteiger partial charge >= 0.3 is 0 Å². The van der Waals surface area contributed by atoms with Crippen molar-refractivity contribution in [2.75, 3.05) is 5.32 Å². The molecular formula is C16H17BrClN. The highest BCUT2D eigenvalue weighted by Crippen LogP contribution is 2.25. The van der Waals surface area contributed by atoms with Gasteiger partial charge in [0.25, 0.3) is 0 Å². The van der Waals surface area contributed by atoms with Crippen molar-refractivity contribution in [3.05, 3.63) is 62.6 Å². The first kappa shape index (κ1) is 14.4. The van der Waals surface area contributed by atoms with Gasteiger partial charge in [-0.3, -0.25) is 0 Å². The quantitative estimate of drug-likeness (QED) is 0.766. The molecule has 0 aliphatic rings. The van der Waals surface area contributed by atoms with Gasteiger partial charge in [0.2, 0.25) is 0 Å². The number of para-hydroxylation sites is 1. The van der Waals surface area contributed by atoms with Crippen molar-refractivity contribution in [3.63, 3.8) is 0 Å². The summed E-state index contributed by atoms with van der Waals surface area (Å²) in [6.07, 6.45) is 1.03. The second-order valence-electron chi connectivity index (χ2n) is 4.55. The van der Waals surface area contributed by atoms with E-state index in [9.17, 15) is 0 Å². The number of benzene rings is 2. The van der Waals surface area contributed by atoms with E-state index < -0.39 is 0 Å². The fourth-order valence-electron chi connectivity index (χ4n) is 2.12. The average molecular weight is 339 g/mol. The predicted molar refractivity (Wildman–Crippen MR) is 87.0 cm³/mol. The number of anilines is 1. The molecule has 0 bridgehead atoms. The van der Waals surface area contributed by atoms with Gasteiger partial charge in [-0.1, -0.05) is 58.7 Å². The van der Waals surface area contributed by atoms with E-state index in [1.807, 2.05) is 18.2 Å². The second kappa shape index (κ2) is 6.44. The smallest absolute Gasteiger partial charge is 0.0467 e. The first-order valence-corrected chi connectivity index (χ1v) is 7.55. The summed E-state index contributed by atoms with van der Waals surface area (Å²) in [7, 11) is 0. The zero-order valence-electron chi connectivity index (χ0n) is 11.1. The van der Waals surface area contributed by atoms with Crippen LogP contribution in [0.3, 0.4) is 0 Å². The fourth-order valence-corrected chi connectivity index (χ4v) is 2.87. The lowest BCUT2D eigenvalue weighted by Gasteiger charge is -2.14. The standard InChI is InChI=1S/C16H17BrClN/c1-3-12-6-4-5-11(2)16(12)19-10-13-7-8-14(17)9-15(13)18/h4-9,19H,3,10H2,1-2H3. The van der Waals surface area contributed by atoms with Crippen LogP contribution in [-0.2, 0) is 13.0 Å². The van der Waals surface area contributed by atoms with Crippen LogP contribution in [0.5, 0.6) is 0 Å². The number of rotatable bonds is 4. The Morgan fingerprint density at radius 1 is 1.16 bits per heavy atom. The Morgan fingerprint density at radius 2 is 1.95 bits per heavy atom. The van der Waals surface area contributed by atoms with E-state index in [2.05, 4.69) is 53.3 Å². The van der Waals surface area contributed by atoms with Crippen LogP contribution in [0.15, 0.2) is 40.9 Å². The summed E-state index contributed by atoms with van der Waals surface area (Å²) in [6, 6.07) is 12.4. The molecule has 0 amide bonds. The molecule has 1 N–H and O–H groups in total. The van der Waals surface area contributed by atoms with Crippen LogP contribution in [-0.4, -0.2) is 0 Å². The van der Waals surface area contributed by atoms with E-state index in [0.717, 1.165) is 28.0 Å². The summed E-state index contributed by atoms with van der Waals surface area (Å²) >= 11 is 9.66. The van der Waals surface area contributed by atoms with Crippen LogP contribution in [0, 0.1) is 6.92 Å². The maximum absolute atomic E-state index is 6.24. The lowest BCUT2D eigenvalue weighted by atomic mass is 10.1. The molecule has 2 aromatic carbocycles. The highest BCUT2D eigenvalue weighted by Gasteiger charge is 2.05. The molecule has 0 heterocycles. The Labute approximate surface area is 128 Å². The number of hydrogen-bond acceptors (Lipinski definition) is 1. The molecule has 2 aromatic rings. The van der Waals surface area contributed by atoms with Crippen LogP contribution in [0.1, 0.15) is 23.6 Å². The molecule has 2 rings (SSSR count). The Balaban J connectivity index is 2.19. The molecule has 0 aliphatic heterocycles. The van der Waals surface area contributed by atoms with Gasteiger partial charge in [-0.2, -0.15) is 0 Å². The van der Waals surface area contributed by atoms with Crippen molar-refractivity contribution in [2.45, 2.75) is 26.8 Å². The van der Waals surface area contributed by atoms with Gasteiger partial charge in [-0.15, -0.1) is 0 Å². The van der Waals surface area contributed by atoms with E-state index in [1.165, 1.54) is 16.8 Å². The molecule has 0 fully saturated rings. The predicted octanol–water partition coefficient (Wildman–Crippen LogP) is 5.59. The molecule has 1 nitrogen and oxygen atoms in total. The lowest BCUT2D eigenvalue weighted by Crippen LogP contribution is -2.04. The maximum Gasteiger partial charge on any atom is 0.0467 e. The van der Waals surface area contributed by atoms with Gasteiger partial charge in [0, 0.05) is 21.7 Å². The Hall–Kier alpha value is -0.990. The molecule has 0 unspecified atom stereocenters. The van der Waals surface area contributed by atoms with Crippen molar-refractivity contribution in [2.24, 2.45) is 0 Å². The van der Waals surface area contributed by atoms with E-state index in [0.29, 0.717) is 0 Å². The Kier molecular flexibility index (Phi) is 4.89. The number of aryl methyl sites for hydroxylation is 2. The van der Waals surface area contributed by atoms with Gasteiger partial charge < -0.3 is 5.32 Å². The third-order valence-corrected chi connectivity index (χ3v) is 4.06. The summed E-state index contributed by atoms with van der Waals surface area (Å²) in [5.41, 5.74) is 4.94. The van der Waals surface area contributed by atoms with Crippen molar-refractivity contribution in [1.29, 1.82) is 0 Å². The third kappa shape index (κ3) is 3.52. The van der Waals surface area contributed by atoms with E-state index >= 15 is 0 Å². The first-order chi connectivity index (χ1) is 9.11. The summed E-state index contributed by atoms with van der Waals surface area (Å²) in [5, 5.41) is 4.29. The topological polar surface area (TPSA) is 12.0 Å². The Bertz CT molecular complexity index is 581. The van der Waals surface area contributed by atoms with Gasteiger partial charge in [-0.05, 0) is 42.2 Å². The molecular weight excluding hydrogens is 322 g/mol. The molecule has 0 aromatic heterocycles. The molecule has 0 saturated carbocycles. The van der Waals surface area contributed by atoms with Crippen LogP contribution < -0.4 is 5.32 Å². The van der Waals surface area contributed by atoms with Crippen molar-refractivity contribution >= 4 is 33.2 Å². The summed E-state index contributed by atoms with van der Waals surface area (Å²) in [6.45, 7) is 5.04. The zero-order valence-corrected chi connectivity index (χ0v) is 13.5. The van der Waals surface area contributed by atoms with Gasteiger partial charge in [0.15, 0.2) is 0 Å². The van der Waals surface area contributed by atoms with Crippen LogP contribution in [0.4, 0.5) is 5.69 Å². The third-order valence-electron chi connectivity index (χ3n) is 3.21. The van der Waals surface area contributed by atoms with Crippen molar-refractivity contribution in [3.8, 4) is 0 Å². The number of hydrogen-bond donors (Lipinski definition) is 1. The lowest BCUT2D eigenvalue weighted by molar-refractivity contribution is 1.08. The average Bonchev–Trinajstić information content (AvgIpc) is 2.39. The SMILES string of the molecule is CCc1cccc(C)c1NCc1ccc(Br)cc1Cl. The highest BCUT2D eigenvalue weighted by atomic mass is 79.9. The molecule has 0 radical (unpaired) electrons. The minimum absolute atomic E-state index is 0.740. The minimum atomic E-state index is 0.740. The highest BCUT2D eigenvalue weighted by molar-refractivity contribution is 9.10. The van der Waals surface area contributed by atoms with Crippen LogP contribution in [0.25, 0.3) is 0 Å². The van der Waals surface area contributed by atoms with Crippen molar-refractivity contribution < 1.29 is 0 Å². The number of halogens is 2. The molecule has 0 atom stereocenters. The van der Waals surface area contributed by atoms with Crippen molar-refractivity contribution in [1.82, 2.24) is 0 Å². The second-order valence-corrected chi connectivity index (χ2v) is 5.87. The molecule has 0 aliphatic carbocycles. The van der Waals surface area contributed by atoms with Gasteiger partial charge in [-0.25, -0.2) is 0 Å². The van der Waals surface area contributed by atoms with Crippen LogP contribution >= 0.6 is 27.5 Å². The van der Waals surface area contributed by atoms with E-state index in [4.69, 9.17) is 11.6 Å². The van der Waals surface area contributed by atoms with Gasteiger partial charge in [0.05, 0.1) is 0 Å². The van der Waals surface area contributed by atoms with E-state index in [-0.39, 0.29) is 0 Å². The number of nitrogens with one attached hydrogen (secondary N) is 1. The molecule has 19 heavy (non-hydrogen) atoms. The minimum Gasteiger partial charge on any atom is -0.380 e. The molecule has 0 spiro atoms. The largest absolute Gasteiger partial charge is 0.380 e. The normalized spacial score (nSPS) is 10.5. The maximum atomic E-state index is 6.24. The monoisotopic (exact) mass is 337 g/mol. The molecule has 0 saturated heterocycles.